The molecule has 1 amide bonds. The van der Waals surface area contributed by atoms with E-state index in [2.05, 4.69) is 21.2 Å². The second kappa shape index (κ2) is 8.38. The first-order chi connectivity index (χ1) is 9.86. The molecule has 3 nitrogen and oxygen atoms in total. The third-order valence-electron chi connectivity index (χ3n) is 2.63. The van der Waals surface area contributed by atoms with Gasteiger partial charge in [0.1, 0.15) is 0 Å². The van der Waals surface area contributed by atoms with E-state index in [4.69, 9.17) is 4.74 Å². The molecule has 0 atom stereocenters. The highest BCUT2D eigenvalue weighted by Crippen LogP contribution is 2.35. The summed E-state index contributed by atoms with van der Waals surface area (Å²) in [4.78, 5) is 11.8. The molecule has 0 aliphatic carbocycles. The molecule has 7 heteroatoms. The first-order valence-corrected chi connectivity index (χ1v) is 7.38. The largest absolute Gasteiger partial charge is 0.417 e. The van der Waals surface area contributed by atoms with Crippen LogP contribution in [0.2, 0.25) is 0 Å². The molecule has 1 aromatic rings. The zero-order chi connectivity index (χ0) is 15.9. The maximum absolute atomic E-state index is 12.7. The van der Waals surface area contributed by atoms with Crippen molar-refractivity contribution in [1.82, 2.24) is 5.32 Å². The lowest BCUT2D eigenvalue weighted by Crippen LogP contribution is -2.25. The van der Waals surface area contributed by atoms with E-state index in [1.807, 2.05) is 6.92 Å². The quantitative estimate of drug-likeness (QED) is 0.739. The maximum atomic E-state index is 12.7. The molecule has 0 unspecified atom stereocenters. The van der Waals surface area contributed by atoms with Crippen molar-refractivity contribution in [1.29, 1.82) is 0 Å². The Kier molecular flexibility index (Phi) is 7.17. The normalized spacial score (nSPS) is 11.5. The summed E-state index contributed by atoms with van der Waals surface area (Å²) in [7, 11) is 0. The minimum absolute atomic E-state index is 0.0139. The number of alkyl halides is 3. The highest BCUT2D eigenvalue weighted by molar-refractivity contribution is 9.10. The summed E-state index contributed by atoms with van der Waals surface area (Å²) in [6.07, 6.45) is -2.96. The first-order valence-electron chi connectivity index (χ1n) is 6.59. The summed E-state index contributed by atoms with van der Waals surface area (Å²) in [5.74, 6) is -0.525. The molecule has 1 rings (SSSR count). The smallest absolute Gasteiger partial charge is 0.381 e. The van der Waals surface area contributed by atoms with Crippen molar-refractivity contribution >= 4 is 21.8 Å². The lowest BCUT2D eigenvalue weighted by Gasteiger charge is -2.11. The fraction of sp³-hybridized carbons (Fsp3) is 0.500. The molecule has 1 N–H and O–H groups in total. The zero-order valence-electron chi connectivity index (χ0n) is 11.6. The van der Waals surface area contributed by atoms with E-state index in [1.165, 1.54) is 12.1 Å². The molecule has 0 saturated carbocycles. The van der Waals surface area contributed by atoms with Gasteiger partial charge < -0.3 is 10.1 Å². The van der Waals surface area contributed by atoms with Gasteiger partial charge in [0.2, 0.25) is 0 Å². The number of rotatable bonds is 7. The van der Waals surface area contributed by atoms with E-state index in [0.29, 0.717) is 26.2 Å². The van der Waals surface area contributed by atoms with E-state index in [0.717, 1.165) is 12.5 Å². The number of ether oxygens (including phenoxy) is 1. The van der Waals surface area contributed by atoms with Crippen molar-refractivity contribution in [2.24, 2.45) is 0 Å². The van der Waals surface area contributed by atoms with E-state index in [-0.39, 0.29) is 10.0 Å². The molecule has 0 radical (unpaired) electrons. The highest BCUT2D eigenvalue weighted by Gasteiger charge is 2.33. The SMILES string of the molecule is CCCOCCCNC(=O)c1ccc(Br)c(C(F)(F)F)c1. The van der Waals surface area contributed by atoms with Gasteiger partial charge in [-0.1, -0.05) is 22.9 Å². The molecule has 0 heterocycles. The van der Waals surface area contributed by atoms with Crippen LogP contribution in [0.1, 0.15) is 35.7 Å². The van der Waals surface area contributed by atoms with Gasteiger partial charge in [0.05, 0.1) is 5.56 Å². The van der Waals surface area contributed by atoms with Gasteiger partial charge in [0.15, 0.2) is 0 Å². The minimum Gasteiger partial charge on any atom is -0.381 e. The number of halogens is 4. The monoisotopic (exact) mass is 367 g/mol. The summed E-state index contributed by atoms with van der Waals surface area (Å²) in [6.45, 7) is 3.53. The third kappa shape index (κ3) is 6.05. The van der Waals surface area contributed by atoms with Gasteiger partial charge in [-0.15, -0.1) is 0 Å². The van der Waals surface area contributed by atoms with Crippen LogP contribution in [-0.2, 0) is 10.9 Å². The minimum atomic E-state index is -4.50. The van der Waals surface area contributed by atoms with Crippen LogP contribution in [0.25, 0.3) is 0 Å². The lowest BCUT2D eigenvalue weighted by atomic mass is 10.1. The molecule has 0 aliphatic heterocycles. The van der Waals surface area contributed by atoms with Gasteiger partial charge in [-0.3, -0.25) is 4.79 Å². The average molecular weight is 368 g/mol. The topological polar surface area (TPSA) is 38.3 Å². The van der Waals surface area contributed by atoms with E-state index in [1.54, 1.807) is 0 Å². The van der Waals surface area contributed by atoms with Crippen LogP contribution in [0.3, 0.4) is 0 Å². The standard InChI is InChI=1S/C14H17BrF3NO2/c1-2-7-21-8-3-6-19-13(20)10-4-5-12(15)11(9-10)14(16,17)18/h4-5,9H,2-3,6-8H2,1H3,(H,19,20). The molecule has 0 aliphatic rings. The second-order valence-electron chi connectivity index (χ2n) is 4.41. The number of amides is 1. The molecule has 21 heavy (non-hydrogen) atoms. The molecule has 0 bridgehead atoms. The molecule has 1 aromatic carbocycles. The average Bonchev–Trinajstić information content (AvgIpc) is 2.41. The maximum Gasteiger partial charge on any atom is 0.417 e. The number of carbonyl (C=O) groups is 1. The molecule has 0 spiro atoms. The van der Waals surface area contributed by atoms with Crippen molar-refractivity contribution in [3.63, 3.8) is 0 Å². The molecular weight excluding hydrogens is 351 g/mol. The Morgan fingerprint density at radius 3 is 2.67 bits per heavy atom. The molecule has 0 fully saturated rings. The van der Waals surface area contributed by atoms with Gasteiger partial charge in [-0.25, -0.2) is 0 Å². The first kappa shape index (κ1) is 18.0. The van der Waals surface area contributed by atoms with E-state index in [9.17, 15) is 18.0 Å². The Balaban J connectivity index is 2.55. The summed E-state index contributed by atoms with van der Waals surface area (Å²) in [5, 5.41) is 2.57. The van der Waals surface area contributed by atoms with Crippen molar-refractivity contribution < 1.29 is 22.7 Å². The van der Waals surface area contributed by atoms with Gasteiger partial charge in [0.25, 0.3) is 5.91 Å². The highest BCUT2D eigenvalue weighted by atomic mass is 79.9. The number of hydrogen-bond acceptors (Lipinski definition) is 2. The lowest BCUT2D eigenvalue weighted by molar-refractivity contribution is -0.138. The Bertz CT molecular complexity index is 478. The van der Waals surface area contributed by atoms with Crippen LogP contribution in [0.4, 0.5) is 13.2 Å². The second-order valence-corrected chi connectivity index (χ2v) is 5.27. The van der Waals surface area contributed by atoms with E-state index < -0.39 is 17.6 Å². The molecule has 0 aromatic heterocycles. The number of carbonyl (C=O) groups excluding carboxylic acids is 1. The number of hydrogen-bond donors (Lipinski definition) is 1. The predicted octanol–water partition coefficient (Wildman–Crippen LogP) is 4.01. The van der Waals surface area contributed by atoms with Crippen LogP contribution in [-0.4, -0.2) is 25.7 Å². The van der Waals surface area contributed by atoms with Crippen molar-refractivity contribution in [2.45, 2.75) is 25.9 Å². The van der Waals surface area contributed by atoms with Gasteiger partial charge in [0, 0.05) is 29.8 Å². The van der Waals surface area contributed by atoms with Gasteiger partial charge in [-0.05, 0) is 31.0 Å². The Morgan fingerprint density at radius 2 is 2.05 bits per heavy atom. The number of benzene rings is 1. The van der Waals surface area contributed by atoms with Crippen LogP contribution in [0.5, 0.6) is 0 Å². The van der Waals surface area contributed by atoms with Crippen LogP contribution in [0, 0.1) is 0 Å². The molecule has 0 saturated heterocycles. The predicted molar refractivity (Wildman–Crippen MR) is 77.2 cm³/mol. The van der Waals surface area contributed by atoms with E-state index >= 15 is 0 Å². The van der Waals surface area contributed by atoms with Crippen molar-refractivity contribution in [3.05, 3.63) is 33.8 Å². The zero-order valence-corrected chi connectivity index (χ0v) is 13.2. The van der Waals surface area contributed by atoms with Crippen LogP contribution < -0.4 is 5.32 Å². The van der Waals surface area contributed by atoms with Gasteiger partial charge in [-0.2, -0.15) is 13.2 Å². The summed E-state index contributed by atoms with van der Waals surface area (Å²) >= 11 is 2.83. The summed E-state index contributed by atoms with van der Waals surface area (Å²) < 4.78 is 43.4. The van der Waals surface area contributed by atoms with Crippen LogP contribution in [0.15, 0.2) is 22.7 Å². The van der Waals surface area contributed by atoms with Crippen molar-refractivity contribution in [3.8, 4) is 0 Å². The van der Waals surface area contributed by atoms with Crippen molar-refractivity contribution in [2.75, 3.05) is 19.8 Å². The molecule has 118 valence electrons. The Hall–Kier alpha value is -1.08. The fourth-order valence-electron chi connectivity index (χ4n) is 1.61. The molecular formula is C14H17BrF3NO2. The summed E-state index contributed by atoms with van der Waals surface area (Å²) in [5.41, 5.74) is -0.874. The number of nitrogens with one attached hydrogen (secondary N) is 1. The van der Waals surface area contributed by atoms with Gasteiger partial charge >= 0.3 is 6.18 Å². The van der Waals surface area contributed by atoms with Crippen LogP contribution >= 0.6 is 15.9 Å². The Morgan fingerprint density at radius 1 is 1.33 bits per heavy atom. The fourth-order valence-corrected chi connectivity index (χ4v) is 2.08. The summed E-state index contributed by atoms with van der Waals surface area (Å²) in [6, 6.07) is 3.41. The third-order valence-corrected chi connectivity index (χ3v) is 3.32. The Labute approximate surface area is 130 Å².